The Labute approximate surface area is 235 Å². The zero-order valence-electron chi connectivity index (χ0n) is 25.3. The highest BCUT2D eigenvalue weighted by Crippen LogP contribution is 2.39. The summed E-state index contributed by atoms with van der Waals surface area (Å²) in [5, 5.41) is 3.07. The van der Waals surface area contributed by atoms with Crippen LogP contribution < -0.4 is 5.32 Å². The number of rotatable bonds is 2. The molecule has 0 spiro atoms. The smallest absolute Gasteiger partial charge is 0.248 e. The molecule has 10 atom stereocenters. The molecule has 0 aromatic heterocycles. The third-order valence-electron chi connectivity index (χ3n) is 8.68. The number of fused-ring (bicyclic) bond motifs is 1. The van der Waals surface area contributed by atoms with E-state index in [1.165, 1.54) is 5.57 Å². The summed E-state index contributed by atoms with van der Waals surface area (Å²) in [6, 6.07) is 0. The molecule has 3 rings (SSSR count). The maximum absolute atomic E-state index is 13.6. The number of hydrogen-bond acceptors (Lipinski definition) is 5. The molecule has 1 amide bonds. The van der Waals surface area contributed by atoms with Crippen LogP contribution in [0, 0.1) is 29.6 Å². The number of nitrogens with one attached hydrogen (secondary N) is 1. The Hall–Kier alpha value is -2.28. The number of methoxy groups -OCH3 is 1. The fourth-order valence-electron chi connectivity index (χ4n) is 6.28. The van der Waals surface area contributed by atoms with Gasteiger partial charge in [-0.15, -0.1) is 0 Å². The first kappa shape index (κ1) is 31.3. The zero-order valence-corrected chi connectivity index (χ0v) is 25.3. The Morgan fingerprint density at radius 1 is 1.00 bits per heavy atom. The normalized spacial score (nSPS) is 44.5. The van der Waals surface area contributed by atoms with Crippen molar-refractivity contribution in [2.45, 2.75) is 98.9 Å². The summed E-state index contributed by atoms with van der Waals surface area (Å²) >= 11 is 0. The van der Waals surface area contributed by atoms with E-state index in [1.807, 2.05) is 45.1 Å². The molecule has 4 bridgehead atoms. The summed E-state index contributed by atoms with van der Waals surface area (Å²) in [7, 11) is 1.61. The first-order valence-corrected chi connectivity index (χ1v) is 14.5. The molecule has 0 radical (unpaired) electrons. The fraction of sp³-hybridized carbons (Fsp3) is 0.636. The lowest BCUT2D eigenvalue weighted by atomic mass is 9.73. The number of hydrogen-bond donors (Lipinski definition) is 1. The Kier molecular flexibility index (Phi) is 11.1. The van der Waals surface area contributed by atoms with Crippen LogP contribution in [0.25, 0.3) is 0 Å². The van der Waals surface area contributed by atoms with Crippen LogP contribution in [0.5, 0.6) is 0 Å². The van der Waals surface area contributed by atoms with E-state index in [-0.39, 0.29) is 47.6 Å². The largest absolute Gasteiger partial charge is 0.373 e. The van der Waals surface area contributed by atoms with Gasteiger partial charge in [-0.1, -0.05) is 82.2 Å². The summed E-state index contributed by atoms with van der Waals surface area (Å²) in [6.07, 6.45) is 13.5. The van der Waals surface area contributed by atoms with Gasteiger partial charge in [-0.3, -0.25) is 9.59 Å². The number of ketones is 1. The second-order valence-electron chi connectivity index (χ2n) is 11.9. The summed E-state index contributed by atoms with van der Waals surface area (Å²) in [4.78, 5) is 26.9. The second kappa shape index (κ2) is 13.9. The summed E-state index contributed by atoms with van der Waals surface area (Å²) in [6.45, 7) is 16.6. The quantitative estimate of drug-likeness (QED) is 0.459. The van der Waals surface area contributed by atoms with E-state index >= 15 is 0 Å². The van der Waals surface area contributed by atoms with Gasteiger partial charge in [0.2, 0.25) is 5.91 Å². The van der Waals surface area contributed by atoms with E-state index < -0.39 is 24.4 Å². The van der Waals surface area contributed by atoms with Crippen LogP contribution in [0.15, 0.2) is 59.3 Å². The minimum absolute atomic E-state index is 0.0201. The molecule has 0 aromatic carbocycles. The van der Waals surface area contributed by atoms with E-state index in [0.29, 0.717) is 5.57 Å². The van der Waals surface area contributed by atoms with Gasteiger partial charge in [-0.25, -0.2) is 0 Å². The summed E-state index contributed by atoms with van der Waals surface area (Å²) in [5.41, 5.74) is 2.81. The van der Waals surface area contributed by atoms with Gasteiger partial charge >= 0.3 is 0 Å². The van der Waals surface area contributed by atoms with E-state index in [4.69, 9.17) is 14.2 Å². The third-order valence-corrected chi connectivity index (χ3v) is 8.68. The first-order chi connectivity index (χ1) is 18.5. The molecule has 0 unspecified atom stereocenters. The molecule has 0 saturated heterocycles. The molecule has 3 heterocycles. The minimum atomic E-state index is -0.782. The predicted octanol–water partition coefficient (Wildman–Crippen LogP) is 6.10. The lowest BCUT2D eigenvalue weighted by Crippen LogP contribution is -2.52. The minimum Gasteiger partial charge on any atom is -0.373 e. The van der Waals surface area contributed by atoms with Crippen LogP contribution in [0.1, 0.15) is 68.2 Å². The van der Waals surface area contributed by atoms with Crippen LogP contribution >= 0.6 is 0 Å². The number of carbonyl (C=O) groups is 2. The predicted molar refractivity (Wildman–Crippen MR) is 156 cm³/mol. The topological polar surface area (TPSA) is 73.9 Å². The van der Waals surface area contributed by atoms with E-state index in [0.717, 1.165) is 18.4 Å². The molecule has 6 heteroatoms. The number of ether oxygens (including phenoxy) is 3. The number of allylic oxidation sites excluding steroid dienone is 6. The van der Waals surface area contributed by atoms with E-state index in [2.05, 4.69) is 52.1 Å². The second-order valence-corrected chi connectivity index (χ2v) is 11.9. The van der Waals surface area contributed by atoms with Crippen molar-refractivity contribution in [1.82, 2.24) is 5.32 Å². The first-order valence-electron chi connectivity index (χ1n) is 14.5. The average Bonchev–Trinajstić information content (AvgIpc) is 2.91. The Balaban J connectivity index is 2.33. The van der Waals surface area contributed by atoms with Gasteiger partial charge in [0, 0.05) is 30.4 Å². The standard InChI is InChI=1S/C33H49NO5/c1-10-28-21(4)14-15-27(35)25(8)31-24(7)26-18-19(2)12-11-13-29(37-9)33(39-31)34-32(36)23(6)17-20(3)16-22(5)30(26)38-28/h11-17,21-22,24-26,28-31,33H,10,18H2,1-9H3,(H,34,36)/b13-11+,15-14+,19-12-,20-16+,23-17+/t21-,22-,24+,25+,26-,28-,29+,30+,31+,33+/m0/s1. The van der Waals surface area contributed by atoms with Crippen molar-refractivity contribution in [2.24, 2.45) is 29.6 Å². The molecule has 3 aliphatic rings. The van der Waals surface area contributed by atoms with Gasteiger partial charge in [-0.05, 0) is 51.5 Å². The van der Waals surface area contributed by atoms with Crippen LogP contribution in [-0.4, -0.2) is 49.4 Å². The molecule has 0 aliphatic carbocycles. The van der Waals surface area contributed by atoms with Crippen molar-refractivity contribution in [2.75, 3.05) is 7.11 Å². The van der Waals surface area contributed by atoms with Crippen molar-refractivity contribution in [3.05, 3.63) is 59.3 Å². The van der Waals surface area contributed by atoms with Crippen LogP contribution in [0.4, 0.5) is 0 Å². The third kappa shape index (κ3) is 7.68. The molecule has 216 valence electrons. The van der Waals surface area contributed by atoms with Gasteiger partial charge in [0.05, 0.1) is 18.3 Å². The lowest BCUT2D eigenvalue weighted by molar-refractivity contribution is -0.159. The Morgan fingerprint density at radius 2 is 1.72 bits per heavy atom. The van der Waals surface area contributed by atoms with Gasteiger partial charge in [-0.2, -0.15) is 0 Å². The maximum Gasteiger partial charge on any atom is 0.248 e. The Morgan fingerprint density at radius 3 is 2.38 bits per heavy atom. The molecule has 1 N–H and O–H groups in total. The molecule has 0 fully saturated rings. The van der Waals surface area contributed by atoms with E-state index in [1.54, 1.807) is 13.2 Å². The lowest BCUT2D eigenvalue weighted by Gasteiger charge is -2.42. The fourth-order valence-corrected chi connectivity index (χ4v) is 6.28. The summed E-state index contributed by atoms with van der Waals surface area (Å²) in [5.74, 6) is -0.473. The van der Waals surface area contributed by atoms with Crippen LogP contribution in [0.2, 0.25) is 0 Å². The van der Waals surface area contributed by atoms with Crippen molar-refractivity contribution < 1.29 is 23.8 Å². The van der Waals surface area contributed by atoms with Gasteiger partial charge in [0.15, 0.2) is 12.0 Å². The van der Waals surface area contributed by atoms with Crippen LogP contribution in [-0.2, 0) is 23.8 Å². The molecule has 3 aliphatic heterocycles. The molecular formula is C33H49NO5. The number of amides is 1. The molecular weight excluding hydrogens is 490 g/mol. The van der Waals surface area contributed by atoms with Crippen molar-refractivity contribution in [1.29, 1.82) is 0 Å². The van der Waals surface area contributed by atoms with Crippen molar-refractivity contribution in [3.8, 4) is 0 Å². The molecule has 0 aromatic rings. The molecule has 39 heavy (non-hydrogen) atoms. The van der Waals surface area contributed by atoms with Gasteiger partial charge in [0.1, 0.15) is 6.10 Å². The highest BCUT2D eigenvalue weighted by Gasteiger charge is 2.42. The molecule has 0 saturated carbocycles. The SMILES string of the molecule is CC[C@@H]1O[C@H]2[C@H]3C/C(C)=C\C=C\[C@@H](OC)[C@H](NC(=O)/C(C)=C/C(C)=C/[C@@H]2C)O[C@H]([C@@H]3C)[C@H](C)C(=O)/C=C/[C@@H]1C. The molecule has 6 nitrogen and oxygen atoms in total. The Bertz CT molecular complexity index is 1040. The highest BCUT2D eigenvalue weighted by molar-refractivity contribution is 5.93. The highest BCUT2D eigenvalue weighted by atomic mass is 16.6. The number of carbonyl (C=O) groups excluding carboxylic acids is 2. The van der Waals surface area contributed by atoms with Crippen molar-refractivity contribution >= 4 is 11.7 Å². The monoisotopic (exact) mass is 539 g/mol. The van der Waals surface area contributed by atoms with E-state index in [9.17, 15) is 9.59 Å². The van der Waals surface area contributed by atoms with Crippen LogP contribution in [0.3, 0.4) is 0 Å². The summed E-state index contributed by atoms with van der Waals surface area (Å²) < 4.78 is 19.7. The zero-order chi connectivity index (χ0) is 28.9. The average molecular weight is 540 g/mol. The van der Waals surface area contributed by atoms with Gasteiger partial charge in [0.25, 0.3) is 0 Å². The maximum atomic E-state index is 13.6. The van der Waals surface area contributed by atoms with Crippen molar-refractivity contribution in [3.63, 3.8) is 0 Å². The van der Waals surface area contributed by atoms with Gasteiger partial charge < -0.3 is 19.5 Å².